The predicted octanol–water partition coefficient (Wildman–Crippen LogP) is 19.7. The third-order valence-corrected chi connectivity index (χ3v) is 12.5. The van der Waals surface area contributed by atoms with E-state index in [-0.39, 0.29) is 25.2 Å². The topological polar surface area (TPSA) is 61.8 Å². The lowest BCUT2D eigenvalue weighted by atomic mass is 10.0. The number of carbonyl (C=O) groups excluding carboxylic acids is 2. The predicted molar refractivity (Wildman–Crippen MR) is 288 cm³/mol. The molecule has 0 spiro atoms. The summed E-state index contributed by atoms with van der Waals surface area (Å²) < 4.78 is 17.5. The average Bonchev–Trinajstić information content (AvgIpc) is 3.32. The minimum Gasteiger partial charge on any atom is -0.462 e. The molecule has 1 atom stereocenters. The van der Waals surface area contributed by atoms with Gasteiger partial charge in [0.15, 0.2) is 6.10 Å². The zero-order valence-electron chi connectivity index (χ0n) is 44.2. The molecule has 0 saturated carbocycles. The van der Waals surface area contributed by atoms with Crippen molar-refractivity contribution >= 4 is 11.9 Å². The molecule has 0 amide bonds. The van der Waals surface area contributed by atoms with Gasteiger partial charge in [0.1, 0.15) is 6.61 Å². The van der Waals surface area contributed by atoms with Gasteiger partial charge in [-0.25, -0.2) is 0 Å². The molecule has 0 bridgehead atoms. The fourth-order valence-electron chi connectivity index (χ4n) is 8.26. The molecule has 5 heteroatoms. The number of rotatable bonds is 53. The number of hydrogen-bond donors (Lipinski definition) is 0. The number of esters is 2. The zero-order valence-corrected chi connectivity index (χ0v) is 44.2. The van der Waals surface area contributed by atoms with Gasteiger partial charge in [-0.3, -0.25) is 9.59 Å². The normalized spacial score (nSPS) is 12.6. The van der Waals surface area contributed by atoms with E-state index in [0.29, 0.717) is 19.4 Å². The van der Waals surface area contributed by atoms with Gasteiger partial charge in [-0.2, -0.15) is 0 Å². The van der Waals surface area contributed by atoms with Crippen molar-refractivity contribution in [1.82, 2.24) is 0 Å². The zero-order chi connectivity index (χ0) is 47.7. The SMILES string of the molecule is CC/C=C\C/C=C\C/C=C\C/C=C\CCCCCCCOCC(COC(=O)CCCCCCCCCCC/C=C\CCCCCCCC)OC(=O)CCCCCCCCCCCCCCC. The highest BCUT2D eigenvalue weighted by Gasteiger charge is 2.17. The summed E-state index contributed by atoms with van der Waals surface area (Å²) in [6.07, 6.45) is 72.4. The smallest absolute Gasteiger partial charge is 0.306 e. The molecule has 0 aromatic carbocycles. The molecule has 0 saturated heterocycles. The van der Waals surface area contributed by atoms with Gasteiger partial charge in [0.05, 0.1) is 6.61 Å². The monoisotopic (exact) mass is 923 g/mol. The third-order valence-electron chi connectivity index (χ3n) is 12.5. The van der Waals surface area contributed by atoms with E-state index >= 15 is 0 Å². The third kappa shape index (κ3) is 54.2. The summed E-state index contributed by atoms with van der Waals surface area (Å²) >= 11 is 0. The lowest BCUT2D eigenvalue weighted by Crippen LogP contribution is -2.30. The molecule has 5 nitrogen and oxygen atoms in total. The van der Waals surface area contributed by atoms with Crippen LogP contribution in [0.2, 0.25) is 0 Å². The molecule has 0 radical (unpaired) electrons. The first-order valence-corrected chi connectivity index (χ1v) is 28.8. The molecule has 0 aliphatic rings. The standard InChI is InChI=1S/C61H110O5/c1-4-7-10-13-16-19-22-25-27-29-31-32-34-37-39-42-45-48-51-54-60(62)65-58-59(66-61(63)55-52-49-46-43-40-36-24-21-18-15-12-9-6-3)57-64-56-53-50-47-44-41-38-35-33-30-28-26-23-20-17-14-11-8-5-2/h8,11,17,20,25-28,33,35,59H,4-7,9-10,12-16,18-19,21-24,29-32,34,36-58H2,1-3H3/b11-8-,20-17-,27-25-,28-26-,35-33-. The molecule has 0 aromatic rings. The maximum atomic E-state index is 12.8. The van der Waals surface area contributed by atoms with Crippen LogP contribution in [0.3, 0.4) is 0 Å². The second-order valence-electron chi connectivity index (χ2n) is 19.2. The highest BCUT2D eigenvalue weighted by molar-refractivity contribution is 5.70. The molecule has 66 heavy (non-hydrogen) atoms. The Balaban J connectivity index is 4.26. The van der Waals surface area contributed by atoms with E-state index in [2.05, 4.69) is 81.5 Å². The van der Waals surface area contributed by atoms with E-state index < -0.39 is 6.10 Å². The van der Waals surface area contributed by atoms with Crippen molar-refractivity contribution in [2.24, 2.45) is 0 Å². The minimum absolute atomic E-state index is 0.0788. The Bertz CT molecular complexity index is 1130. The number of carbonyl (C=O) groups is 2. The number of allylic oxidation sites excluding steroid dienone is 10. The van der Waals surface area contributed by atoms with Crippen molar-refractivity contribution in [3.8, 4) is 0 Å². The molecule has 0 aromatic heterocycles. The summed E-state index contributed by atoms with van der Waals surface area (Å²) in [5.74, 6) is -0.398. The summed E-state index contributed by atoms with van der Waals surface area (Å²) in [5.41, 5.74) is 0. The van der Waals surface area contributed by atoms with Gasteiger partial charge >= 0.3 is 11.9 Å². The van der Waals surface area contributed by atoms with E-state index in [0.717, 1.165) is 70.6 Å². The summed E-state index contributed by atoms with van der Waals surface area (Å²) in [7, 11) is 0. The van der Waals surface area contributed by atoms with Gasteiger partial charge in [-0.1, -0.05) is 255 Å². The molecular weight excluding hydrogens is 813 g/mol. The van der Waals surface area contributed by atoms with Crippen LogP contribution in [0.25, 0.3) is 0 Å². The van der Waals surface area contributed by atoms with Crippen molar-refractivity contribution in [3.63, 3.8) is 0 Å². The quantitative estimate of drug-likeness (QED) is 0.0346. The molecule has 0 fully saturated rings. The van der Waals surface area contributed by atoms with Gasteiger partial charge in [0.2, 0.25) is 0 Å². The maximum Gasteiger partial charge on any atom is 0.306 e. The van der Waals surface area contributed by atoms with E-state index in [9.17, 15) is 9.59 Å². The number of unbranched alkanes of at least 4 members (excludes halogenated alkanes) is 32. The minimum atomic E-state index is -0.546. The van der Waals surface area contributed by atoms with Crippen molar-refractivity contribution in [3.05, 3.63) is 60.8 Å². The molecule has 0 heterocycles. The van der Waals surface area contributed by atoms with Crippen LogP contribution in [0, 0.1) is 0 Å². The van der Waals surface area contributed by atoms with Crippen LogP contribution in [0.1, 0.15) is 290 Å². The lowest BCUT2D eigenvalue weighted by molar-refractivity contribution is -0.163. The van der Waals surface area contributed by atoms with Crippen LogP contribution in [0.4, 0.5) is 0 Å². The van der Waals surface area contributed by atoms with E-state index in [4.69, 9.17) is 14.2 Å². The summed E-state index contributed by atoms with van der Waals surface area (Å²) in [5, 5.41) is 0. The second kappa shape index (κ2) is 56.9. The first-order chi connectivity index (χ1) is 32.6. The molecule has 0 N–H and O–H groups in total. The Kier molecular flexibility index (Phi) is 54.9. The van der Waals surface area contributed by atoms with E-state index in [1.807, 2.05) is 0 Å². The van der Waals surface area contributed by atoms with Crippen LogP contribution >= 0.6 is 0 Å². The van der Waals surface area contributed by atoms with Crippen molar-refractivity contribution in [2.75, 3.05) is 19.8 Å². The van der Waals surface area contributed by atoms with Crippen LogP contribution in [-0.2, 0) is 23.8 Å². The Morgan fingerprint density at radius 2 is 0.682 bits per heavy atom. The average molecular weight is 924 g/mol. The van der Waals surface area contributed by atoms with Crippen molar-refractivity contribution in [2.45, 2.75) is 297 Å². The molecule has 0 aliphatic heterocycles. The summed E-state index contributed by atoms with van der Waals surface area (Å²) in [6, 6.07) is 0. The van der Waals surface area contributed by atoms with Crippen LogP contribution < -0.4 is 0 Å². The maximum absolute atomic E-state index is 12.8. The van der Waals surface area contributed by atoms with Gasteiger partial charge in [-0.15, -0.1) is 0 Å². The Morgan fingerprint density at radius 3 is 1.11 bits per heavy atom. The lowest BCUT2D eigenvalue weighted by Gasteiger charge is -2.18. The van der Waals surface area contributed by atoms with Crippen LogP contribution in [0.5, 0.6) is 0 Å². The number of ether oxygens (including phenoxy) is 3. The first-order valence-electron chi connectivity index (χ1n) is 28.8. The second-order valence-corrected chi connectivity index (χ2v) is 19.2. The van der Waals surface area contributed by atoms with Crippen molar-refractivity contribution in [1.29, 1.82) is 0 Å². The van der Waals surface area contributed by atoms with Gasteiger partial charge in [-0.05, 0) is 83.5 Å². The molecule has 0 aliphatic carbocycles. The van der Waals surface area contributed by atoms with Gasteiger partial charge in [0, 0.05) is 19.4 Å². The number of hydrogen-bond acceptors (Lipinski definition) is 5. The Labute approximate surface area is 411 Å². The fraction of sp³-hybridized carbons (Fsp3) is 0.803. The van der Waals surface area contributed by atoms with Crippen LogP contribution in [0.15, 0.2) is 60.8 Å². The van der Waals surface area contributed by atoms with E-state index in [1.165, 1.54) is 186 Å². The molecular formula is C61H110O5. The van der Waals surface area contributed by atoms with Crippen molar-refractivity contribution < 1.29 is 23.8 Å². The first kappa shape index (κ1) is 63.6. The summed E-state index contributed by atoms with van der Waals surface area (Å²) in [6.45, 7) is 7.71. The molecule has 0 rings (SSSR count). The Morgan fingerprint density at radius 1 is 0.348 bits per heavy atom. The molecule has 384 valence electrons. The van der Waals surface area contributed by atoms with E-state index in [1.54, 1.807) is 0 Å². The van der Waals surface area contributed by atoms with Gasteiger partial charge < -0.3 is 14.2 Å². The fourth-order valence-corrected chi connectivity index (χ4v) is 8.26. The Hall–Kier alpha value is -2.40. The van der Waals surface area contributed by atoms with Gasteiger partial charge in [0.25, 0.3) is 0 Å². The highest BCUT2D eigenvalue weighted by Crippen LogP contribution is 2.16. The highest BCUT2D eigenvalue weighted by atomic mass is 16.6. The summed E-state index contributed by atoms with van der Waals surface area (Å²) in [4.78, 5) is 25.5. The molecule has 1 unspecified atom stereocenters. The van der Waals surface area contributed by atoms with Crippen LogP contribution in [-0.4, -0.2) is 37.9 Å². The largest absolute Gasteiger partial charge is 0.462 e.